The van der Waals surface area contributed by atoms with Crippen LogP contribution in [0.3, 0.4) is 0 Å². The Balaban J connectivity index is 2.34. The Labute approximate surface area is 128 Å². The van der Waals surface area contributed by atoms with Crippen LogP contribution in [0.1, 0.15) is 36.1 Å². The standard InChI is InChI=1S/C17H19BrFN/c1-3-4-12-5-7-13(8-6-12)17(20-2)15-11-14(19)9-10-16(15)18/h5-11,17,20H,3-4H2,1-2H3. The largest absolute Gasteiger partial charge is 0.309 e. The molecule has 2 aromatic rings. The SMILES string of the molecule is CCCc1ccc(C(NC)c2cc(F)ccc2Br)cc1. The van der Waals surface area contributed by atoms with Crippen LogP contribution >= 0.6 is 15.9 Å². The number of rotatable bonds is 5. The Bertz CT molecular complexity index is 566. The van der Waals surface area contributed by atoms with Gasteiger partial charge in [0.1, 0.15) is 5.82 Å². The van der Waals surface area contributed by atoms with Crippen molar-refractivity contribution in [3.63, 3.8) is 0 Å². The van der Waals surface area contributed by atoms with Crippen LogP contribution in [0.15, 0.2) is 46.9 Å². The van der Waals surface area contributed by atoms with E-state index in [-0.39, 0.29) is 11.9 Å². The molecule has 0 aliphatic carbocycles. The van der Waals surface area contributed by atoms with Gasteiger partial charge in [-0.25, -0.2) is 4.39 Å². The molecule has 0 amide bonds. The van der Waals surface area contributed by atoms with Crippen LogP contribution in [0.2, 0.25) is 0 Å². The summed E-state index contributed by atoms with van der Waals surface area (Å²) in [6.07, 6.45) is 2.23. The fraction of sp³-hybridized carbons (Fsp3) is 0.294. The summed E-state index contributed by atoms with van der Waals surface area (Å²) < 4.78 is 14.4. The highest BCUT2D eigenvalue weighted by Gasteiger charge is 2.15. The highest BCUT2D eigenvalue weighted by molar-refractivity contribution is 9.10. The third kappa shape index (κ3) is 3.47. The molecule has 1 N–H and O–H groups in total. The first kappa shape index (κ1) is 15.2. The zero-order valence-electron chi connectivity index (χ0n) is 11.8. The first-order valence-electron chi connectivity index (χ1n) is 6.86. The fourth-order valence-corrected chi connectivity index (χ4v) is 2.88. The maximum atomic E-state index is 13.5. The molecule has 1 atom stereocenters. The summed E-state index contributed by atoms with van der Waals surface area (Å²) in [5, 5.41) is 3.26. The predicted molar refractivity (Wildman–Crippen MR) is 85.4 cm³/mol. The minimum atomic E-state index is -0.217. The van der Waals surface area contributed by atoms with E-state index in [1.807, 2.05) is 7.05 Å². The summed E-state index contributed by atoms with van der Waals surface area (Å²) in [7, 11) is 1.89. The first-order valence-corrected chi connectivity index (χ1v) is 7.66. The summed E-state index contributed by atoms with van der Waals surface area (Å²) in [5.74, 6) is -0.217. The molecule has 0 spiro atoms. The van der Waals surface area contributed by atoms with Gasteiger partial charge in [0.15, 0.2) is 0 Å². The molecule has 0 aliphatic heterocycles. The van der Waals surface area contributed by atoms with E-state index in [0.717, 1.165) is 28.4 Å². The van der Waals surface area contributed by atoms with E-state index in [9.17, 15) is 4.39 Å². The topological polar surface area (TPSA) is 12.0 Å². The Morgan fingerprint density at radius 3 is 2.45 bits per heavy atom. The Morgan fingerprint density at radius 1 is 1.15 bits per heavy atom. The number of hydrogen-bond acceptors (Lipinski definition) is 1. The van der Waals surface area contributed by atoms with Crippen molar-refractivity contribution >= 4 is 15.9 Å². The van der Waals surface area contributed by atoms with E-state index >= 15 is 0 Å². The van der Waals surface area contributed by atoms with Crippen molar-refractivity contribution in [2.75, 3.05) is 7.05 Å². The molecule has 3 heteroatoms. The predicted octanol–water partition coefficient (Wildman–Crippen LogP) is 4.85. The molecule has 0 bridgehead atoms. The van der Waals surface area contributed by atoms with Crippen molar-refractivity contribution in [1.29, 1.82) is 0 Å². The summed E-state index contributed by atoms with van der Waals surface area (Å²) in [4.78, 5) is 0. The number of aryl methyl sites for hydroxylation is 1. The van der Waals surface area contributed by atoms with Gasteiger partial charge in [-0.2, -0.15) is 0 Å². The Morgan fingerprint density at radius 2 is 1.85 bits per heavy atom. The molecule has 0 radical (unpaired) electrons. The van der Waals surface area contributed by atoms with Crippen LogP contribution in [0.4, 0.5) is 4.39 Å². The lowest BCUT2D eigenvalue weighted by Gasteiger charge is -2.19. The first-order chi connectivity index (χ1) is 9.65. The third-order valence-corrected chi connectivity index (χ3v) is 4.13. The smallest absolute Gasteiger partial charge is 0.123 e. The van der Waals surface area contributed by atoms with Gasteiger partial charge >= 0.3 is 0 Å². The van der Waals surface area contributed by atoms with Gasteiger partial charge < -0.3 is 5.32 Å². The molecule has 1 unspecified atom stereocenters. The highest BCUT2D eigenvalue weighted by atomic mass is 79.9. The molecule has 106 valence electrons. The van der Waals surface area contributed by atoms with Crippen LogP contribution in [0.25, 0.3) is 0 Å². The van der Waals surface area contributed by atoms with Crippen molar-refractivity contribution in [2.45, 2.75) is 25.8 Å². The zero-order valence-corrected chi connectivity index (χ0v) is 13.4. The van der Waals surface area contributed by atoms with E-state index in [1.165, 1.54) is 11.6 Å². The molecule has 2 aromatic carbocycles. The van der Waals surface area contributed by atoms with Gasteiger partial charge in [0.05, 0.1) is 6.04 Å². The summed E-state index contributed by atoms with van der Waals surface area (Å²) >= 11 is 3.50. The second-order valence-corrected chi connectivity index (χ2v) is 5.73. The molecule has 0 aromatic heterocycles. The molecule has 0 saturated carbocycles. The quantitative estimate of drug-likeness (QED) is 0.823. The van der Waals surface area contributed by atoms with Gasteiger partial charge in [0.2, 0.25) is 0 Å². The number of halogens is 2. The van der Waals surface area contributed by atoms with E-state index in [1.54, 1.807) is 12.1 Å². The third-order valence-electron chi connectivity index (χ3n) is 3.41. The van der Waals surface area contributed by atoms with Gasteiger partial charge in [0, 0.05) is 4.47 Å². The van der Waals surface area contributed by atoms with Crippen molar-refractivity contribution in [3.05, 3.63) is 69.4 Å². The normalized spacial score (nSPS) is 12.4. The average Bonchev–Trinajstić information content (AvgIpc) is 2.45. The lowest BCUT2D eigenvalue weighted by molar-refractivity contribution is 0.615. The highest BCUT2D eigenvalue weighted by Crippen LogP contribution is 2.29. The van der Waals surface area contributed by atoms with E-state index in [0.29, 0.717) is 0 Å². The molecule has 0 saturated heterocycles. The molecular weight excluding hydrogens is 317 g/mol. The van der Waals surface area contributed by atoms with E-state index in [2.05, 4.69) is 52.4 Å². The Kier molecular flexibility index (Phi) is 5.32. The average molecular weight is 336 g/mol. The second kappa shape index (κ2) is 7.00. The molecule has 0 aliphatic rings. The van der Waals surface area contributed by atoms with Gasteiger partial charge in [-0.3, -0.25) is 0 Å². The van der Waals surface area contributed by atoms with Crippen LogP contribution < -0.4 is 5.32 Å². The Hall–Kier alpha value is -1.19. The van der Waals surface area contributed by atoms with E-state index < -0.39 is 0 Å². The van der Waals surface area contributed by atoms with E-state index in [4.69, 9.17) is 0 Å². The van der Waals surface area contributed by atoms with Gasteiger partial charge in [0.25, 0.3) is 0 Å². The minimum Gasteiger partial charge on any atom is -0.309 e. The minimum absolute atomic E-state index is 0.0178. The van der Waals surface area contributed by atoms with Crippen LogP contribution in [0, 0.1) is 5.82 Å². The maximum Gasteiger partial charge on any atom is 0.123 e. The lowest BCUT2D eigenvalue weighted by atomic mass is 9.97. The second-order valence-electron chi connectivity index (χ2n) is 4.88. The molecular formula is C17H19BrFN. The molecule has 0 fully saturated rings. The maximum absolute atomic E-state index is 13.5. The molecule has 1 nitrogen and oxygen atoms in total. The summed E-state index contributed by atoms with van der Waals surface area (Å²) in [6.45, 7) is 2.17. The van der Waals surface area contributed by atoms with Crippen LogP contribution in [-0.4, -0.2) is 7.05 Å². The lowest BCUT2D eigenvalue weighted by Crippen LogP contribution is -2.18. The molecule has 0 heterocycles. The van der Waals surface area contributed by atoms with Gasteiger partial charge in [-0.1, -0.05) is 53.5 Å². The molecule has 2 rings (SSSR count). The van der Waals surface area contributed by atoms with Gasteiger partial charge in [-0.05, 0) is 48.4 Å². The monoisotopic (exact) mass is 335 g/mol. The van der Waals surface area contributed by atoms with Crippen molar-refractivity contribution in [1.82, 2.24) is 5.32 Å². The van der Waals surface area contributed by atoms with Crippen LogP contribution in [-0.2, 0) is 6.42 Å². The fourth-order valence-electron chi connectivity index (χ4n) is 2.40. The molecule has 20 heavy (non-hydrogen) atoms. The van der Waals surface area contributed by atoms with Crippen LogP contribution in [0.5, 0.6) is 0 Å². The summed E-state index contributed by atoms with van der Waals surface area (Å²) in [6, 6.07) is 13.3. The van der Waals surface area contributed by atoms with Crippen molar-refractivity contribution in [2.24, 2.45) is 0 Å². The number of benzene rings is 2. The zero-order chi connectivity index (χ0) is 14.5. The van der Waals surface area contributed by atoms with Crippen molar-refractivity contribution < 1.29 is 4.39 Å². The van der Waals surface area contributed by atoms with Gasteiger partial charge in [-0.15, -0.1) is 0 Å². The summed E-state index contributed by atoms with van der Waals surface area (Å²) in [5.41, 5.74) is 3.39. The number of nitrogens with one attached hydrogen (secondary N) is 1. The number of hydrogen-bond donors (Lipinski definition) is 1. The van der Waals surface area contributed by atoms with Crippen molar-refractivity contribution in [3.8, 4) is 0 Å².